The predicted molar refractivity (Wildman–Crippen MR) is 107 cm³/mol. The van der Waals surface area contributed by atoms with E-state index in [0.717, 1.165) is 15.8 Å². The molecule has 6 nitrogen and oxygen atoms in total. The molecule has 1 amide bonds. The lowest BCUT2D eigenvalue weighted by molar-refractivity contribution is -0.113. The highest BCUT2D eigenvalue weighted by atomic mass is 35.5. The van der Waals surface area contributed by atoms with E-state index in [-0.39, 0.29) is 11.7 Å². The molecule has 0 spiro atoms. The number of hydrogen-bond acceptors (Lipinski definition) is 6. The van der Waals surface area contributed by atoms with Crippen LogP contribution in [0.5, 0.6) is 0 Å². The van der Waals surface area contributed by atoms with Gasteiger partial charge in [-0.2, -0.15) is 0 Å². The molecule has 3 heterocycles. The summed E-state index contributed by atoms with van der Waals surface area (Å²) in [5.74, 6) is -0.00415. The summed E-state index contributed by atoms with van der Waals surface area (Å²) in [4.78, 5) is 16.7. The second-order valence-electron chi connectivity index (χ2n) is 5.51. The van der Waals surface area contributed by atoms with Crippen LogP contribution in [0.15, 0.2) is 35.6 Å². The minimum absolute atomic E-state index is 0.167. The van der Waals surface area contributed by atoms with Gasteiger partial charge in [0.15, 0.2) is 15.9 Å². The average molecular weight is 424 g/mol. The van der Waals surface area contributed by atoms with Crippen LogP contribution in [0.3, 0.4) is 0 Å². The van der Waals surface area contributed by atoms with Gasteiger partial charge < -0.3 is 5.32 Å². The van der Waals surface area contributed by atoms with Gasteiger partial charge >= 0.3 is 0 Å². The Morgan fingerprint density at radius 3 is 3.00 bits per heavy atom. The van der Waals surface area contributed by atoms with Gasteiger partial charge in [-0.05, 0) is 30.7 Å². The van der Waals surface area contributed by atoms with E-state index in [1.807, 2.05) is 25.1 Å². The van der Waals surface area contributed by atoms with Crippen LogP contribution >= 0.6 is 46.3 Å². The maximum Gasteiger partial charge on any atom is 0.236 e. The highest BCUT2D eigenvalue weighted by Crippen LogP contribution is 2.28. The summed E-state index contributed by atoms with van der Waals surface area (Å²) in [5.41, 5.74) is 2.53. The van der Waals surface area contributed by atoms with Crippen molar-refractivity contribution in [1.82, 2.24) is 19.6 Å². The maximum atomic E-state index is 12.2. The van der Waals surface area contributed by atoms with Gasteiger partial charge in [-0.15, -0.1) is 10.2 Å². The number of carbonyl (C=O) groups excluding carboxylic acids is 1. The third-order valence-electron chi connectivity index (χ3n) is 3.52. The summed E-state index contributed by atoms with van der Waals surface area (Å²) >= 11 is 14.8. The molecule has 0 saturated heterocycles. The van der Waals surface area contributed by atoms with Crippen molar-refractivity contribution in [3.05, 3.63) is 46.1 Å². The van der Waals surface area contributed by atoms with Gasteiger partial charge in [0.05, 0.1) is 26.0 Å². The van der Waals surface area contributed by atoms with Crippen LogP contribution in [0.2, 0.25) is 10.0 Å². The molecule has 0 atom stereocenters. The average Bonchev–Trinajstić information content (AvgIpc) is 3.16. The topological polar surface area (TPSA) is 72.2 Å². The number of thioether (sulfide) groups is 1. The van der Waals surface area contributed by atoms with Gasteiger partial charge in [-0.1, -0.05) is 52.4 Å². The fourth-order valence-electron chi connectivity index (χ4n) is 2.37. The third kappa shape index (κ3) is 3.50. The molecule has 3 aromatic heterocycles. The first-order valence-electron chi connectivity index (χ1n) is 7.49. The normalized spacial score (nSPS) is 11.3. The molecule has 0 unspecified atom stereocenters. The molecule has 0 aliphatic carbocycles. The van der Waals surface area contributed by atoms with Crippen LogP contribution in [-0.4, -0.2) is 31.2 Å². The molecule has 0 aliphatic rings. The number of hydrogen-bond donors (Lipinski definition) is 1. The van der Waals surface area contributed by atoms with Gasteiger partial charge in [0, 0.05) is 6.20 Å². The lowest BCUT2D eigenvalue weighted by atomic mass is 10.2. The summed E-state index contributed by atoms with van der Waals surface area (Å²) in [7, 11) is 0. The van der Waals surface area contributed by atoms with E-state index in [9.17, 15) is 4.79 Å². The van der Waals surface area contributed by atoms with Crippen molar-refractivity contribution in [1.29, 1.82) is 0 Å². The second-order valence-corrected chi connectivity index (χ2v) is 8.33. The minimum atomic E-state index is -0.171. The standard InChI is InChI=1S/C16H11Cl2N5OS2/c1-8-2-3-11-12(4-8)26-15(19-11)20-13(24)7-25-16-22-21-14-10(18)5-9(17)6-23(14)16/h2-6H,7H2,1H3,(H,19,20,24). The van der Waals surface area contributed by atoms with Crippen molar-refractivity contribution in [2.24, 2.45) is 0 Å². The molecule has 1 aromatic carbocycles. The first kappa shape index (κ1) is 17.5. The SMILES string of the molecule is Cc1ccc2nc(NC(=O)CSc3nnc4c(Cl)cc(Cl)cn34)sc2c1. The number of nitrogens with zero attached hydrogens (tertiary/aromatic N) is 4. The number of nitrogens with one attached hydrogen (secondary N) is 1. The van der Waals surface area contributed by atoms with Gasteiger partial charge in [-0.3, -0.25) is 9.20 Å². The van der Waals surface area contributed by atoms with Gasteiger partial charge in [0.25, 0.3) is 0 Å². The lowest BCUT2D eigenvalue weighted by Gasteiger charge is -2.02. The monoisotopic (exact) mass is 423 g/mol. The molecule has 1 N–H and O–H groups in total. The fraction of sp³-hybridized carbons (Fsp3) is 0.125. The van der Waals surface area contributed by atoms with E-state index in [0.29, 0.717) is 26.0 Å². The van der Waals surface area contributed by atoms with Crippen molar-refractivity contribution >= 4 is 73.2 Å². The number of amides is 1. The molecule has 132 valence electrons. The Bertz CT molecular complexity index is 1140. The van der Waals surface area contributed by atoms with Crippen molar-refractivity contribution < 1.29 is 4.79 Å². The Hall–Kier alpha value is -1.87. The van der Waals surface area contributed by atoms with Crippen molar-refractivity contribution in [2.45, 2.75) is 12.1 Å². The number of fused-ring (bicyclic) bond motifs is 2. The van der Waals surface area contributed by atoms with Crippen LogP contribution in [0.25, 0.3) is 15.9 Å². The first-order valence-corrected chi connectivity index (χ1v) is 10.0. The Morgan fingerprint density at radius 2 is 2.15 bits per heavy atom. The largest absolute Gasteiger partial charge is 0.301 e. The van der Waals surface area contributed by atoms with Crippen LogP contribution in [-0.2, 0) is 4.79 Å². The highest BCUT2D eigenvalue weighted by Gasteiger charge is 2.13. The number of pyridine rings is 1. The molecular formula is C16H11Cl2N5OS2. The van der Waals surface area contributed by atoms with Gasteiger partial charge in [-0.25, -0.2) is 4.98 Å². The van der Waals surface area contributed by atoms with Gasteiger partial charge in [0.1, 0.15) is 0 Å². The summed E-state index contributed by atoms with van der Waals surface area (Å²) in [5, 5.41) is 12.9. The number of benzene rings is 1. The number of anilines is 1. The predicted octanol–water partition coefficient (Wildman–Crippen LogP) is 4.69. The molecule has 0 bridgehead atoms. The molecular weight excluding hydrogens is 413 g/mol. The molecule has 0 fully saturated rings. The third-order valence-corrected chi connectivity index (χ3v) is 5.88. The van der Waals surface area contributed by atoms with Crippen molar-refractivity contribution in [3.63, 3.8) is 0 Å². The molecule has 26 heavy (non-hydrogen) atoms. The number of halogens is 2. The fourth-order valence-corrected chi connectivity index (χ4v) is 4.57. The van der Waals surface area contributed by atoms with E-state index in [1.54, 1.807) is 16.7 Å². The minimum Gasteiger partial charge on any atom is -0.301 e. The second kappa shape index (κ2) is 7.03. The molecule has 4 rings (SSSR count). The Kier molecular flexibility index (Phi) is 4.74. The van der Waals surface area contributed by atoms with E-state index in [2.05, 4.69) is 20.5 Å². The zero-order chi connectivity index (χ0) is 18.3. The number of aryl methyl sites for hydroxylation is 1. The summed E-state index contributed by atoms with van der Waals surface area (Å²) in [6.45, 7) is 2.02. The van der Waals surface area contributed by atoms with Gasteiger partial charge in [0.2, 0.25) is 5.91 Å². The number of aromatic nitrogens is 4. The quantitative estimate of drug-likeness (QED) is 0.482. The lowest BCUT2D eigenvalue weighted by Crippen LogP contribution is -2.14. The number of thiazole rings is 1. The molecule has 0 aliphatic heterocycles. The Labute approximate surface area is 166 Å². The zero-order valence-corrected chi connectivity index (χ0v) is 16.5. The van der Waals surface area contributed by atoms with Crippen LogP contribution in [0.1, 0.15) is 5.56 Å². The molecule has 10 heteroatoms. The summed E-state index contributed by atoms with van der Waals surface area (Å²) < 4.78 is 2.71. The Balaban J connectivity index is 1.47. The van der Waals surface area contributed by atoms with Crippen LogP contribution in [0.4, 0.5) is 5.13 Å². The van der Waals surface area contributed by atoms with Crippen LogP contribution < -0.4 is 5.32 Å². The Morgan fingerprint density at radius 1 is 1.31 bits per heavy atom. The maximum absolute atomic E-state index is 12.2. The number of rotatable bonds is 4. The van der Waals surface area contributed by atoms with E-state index in [4.69, 9.17) is 23.2 Å². The first-order chi connectivity index (χ1) is 12.5. The highest BCUT2D eigenvalue weighted by molar-refractivity contribution is 7.99. The van der Waals surface area contributed by atoms with E-state index >= 15 is 0 Å². The molecule has 0 radical (unpaired) electrons. The smallest absolute Gasteiger partial charge is 0.236 e. The number of carbonyl (C=O) groups is 1. The zero-order valence-electron chi connectivity index (χ0n) is 13.4. The summed E-state index contributed by atoms with van der Waals surface area (Å²) in [6, 6.07) is 7.59. The van der Waals surface area contributed by atoms with Crippen molar-refractivity contribution in [3.8, 4) is 0 Å². The van der Waals surface area contributed by atoms with E-state index in [1.165, 1.54) is 23.1 Å². The summed E-state index contributed by atoms with van der Waals surface area (Å²) in [6.07, 6.45) is 1.67. The van der Waals surface area contributed by atoms with E-state index < -0.39 is 0 Å². The molecule has 4 aromatic rings. The van der Waals surface area contributed by atoms with Crippen LogP contribution in [0, 0.1) is 6.92 Å². The van der Waals surface area contributed by atoms with Crippen molar-refractivity contribution in [2.75, 3.05) is 11.1 Å². The molecule has 0 saturated carbocycles.